The van der Waals surface area contributed by atoms with E-state index in [0.29, 0.717) is 17.2 Å². The lowest BCUT2D eigenvalue weighted by Gasteiger charge is -2.29. The number of ketones is 1. The molecule has 0 saturated heterocycles. The number of carbonyl (C=O) groups excluding carboxylic acids is 1. The first-order valence-corrected chi connectivity index (χ1v) is 11.7. The molecule has 0 radical (unpaired) electrons. The number of nitrogens with one attached hydrogen (secondary N) is 1. The minimum absolute atomic E-state index is 0.0879. The molecule has 5 nitrogen and oxygen atoms in total. The van der Waals surface area contributed by atoms with Crippen LogP contribution >= 0.6 is 0 Å². The molecule has 166 valence electrons. The van der Waals surface area contributed by atoms with Crippen molar-refractivity contribution >= 4 is 22.4 Å². The van der Waals surface area contributed by atoms with Crippen LogP contribution in [0.15, 0.2) is 42.6 Å². The van der Waals surface area contributed by atoms with Crippen molar-refractivity contribution < 1.29 is 15.0 Å². The number of aliphatic hydroxyl groups is 1. The molecule has 0 unspecified atom stereocenters. The molecular formula is C27H30N2O3. The van der Waals surface area contributed by atoms with E-state index in [4.69, 9.17) is 0 Å². The van der Waals surface area contributed by atoms with Crippen molar-refractivity contribution in [3.05, 3.63) is 53.7 Å². The lowest BCUT2D eigenvalue weighted by molar-refractivity contribution is 0.0968. The molecule has 0 atom stereocenters. The van der Waals surface area contributed by atoms with Gasteiger partial charge in [0.2, 0.25) is 0 Å². The number of rotatable bonds is 6. The smallest absolute Gasteiger partial charge is 0.169 e. The maximum Gasteiger partial charge on any atom is 0.169 e. The van der Waals surface area contributed by atoms with Crippen LogP contribution < -0.4 is 5.32 Å². The summed E-state index contributed by atoms with van der Waals surface area (Å²) in [6.45, 7) is 2.09. The van der Waals surface area contributed by atoms with Crippen LogP contribution in [-0.4, -0.2) is 27.0 Å². The van der Waals surface area contributed by atoms with E-state index < -0.39 is 0 Å². The van der Waals surface area contributed by atoms with Gasteiger partial charge < -0.3 is 15.5 Å². The van der Waals surface area contributed by atoms with Crippen LogP contribution in [0.3, 0.4) is 0 Å². The molecular weight excluding hydrogens is 400 g/mol. The number of anilines is 1. The minimum atomic E-state index is -0.220. The van der Waals surface area contributed by atoms with Gasteiger partial charge in [0.15, 0.2) is 5.78 Å². The number of aliphatic hydroxyl groups excluding tert-OH is 1. The predicted octanol–water partition coefficient (Wildman–Crippen LogP) is 5.68. The van der Waals surface area contributed by atoms with E-state index >= 15 is 0 Å². The van der Waals surface area contributed by atoms with Crippen LogP contribution in [0.4, 0.5) is 5.69 Å². The number of phenols is 1. The monoisotopic (exact) mass is 430 g/mol. The van der Waals surface area contributed by atoms with Gasteiger partial charge in [-0.3, -0.25) is 9.78 Å². The number of aromatic hydroxyl groups is 1. The predicted molar refractivity (Wildman–Crippen MR) is 127 cm³/mol. The lowest BCUT2D eigenvalue weighted by atomic mass is 9.87. The highest BCUT2D eigenvalue weighted by molar-refractivity contribution is 6.10. The number of benzene rings is 2. The second-order valence-electron chi connectivity index (χ2n) is 9.52. The van der Waals surface area contributed by atoms with Crippen molar-refractivity contribution in [3.63, 3.8) is 0 Å². The van der Waals surface area contributed by atoms with E-state index in [1.165, 1.54) is 12.8 Å². The summed E-state index contributed by atoms with van der Waals surface area (Å²) in [5.74, 6) is 1.18. The Hall–Kier alpha value is -2.92. The van der Waals surface area contributed by atoms with Gasteiger partial charge in [0.1, 0.15) is 5.75 Å². The van der Waals surface area contributed by atoms with E-state index in [-0.39, 0.29) is 24.1 Å². The first-order valence-electron chi connectivity index (χ1n) is 11.7. The molecule has 2 aliphatic carbocycles. The molecule has 3 N–H and O–H groups in total. The van der Waals surface area contributed by atoms with E-state index in [9.17, 15) is 15.0 Å². The van der Waals surface area contributed by atoms with Gasteiger partial charge >= 0.3 is 0 Å². The number of nitrogens with zero attached hydrogens (tertiary/aromatic N) is 1. The third kappa shape index (κ3) is 4.09. The molecule has 0 bridgehead atoms. The molecule has 5 heteroatoms. The molecule has 1 aromatic heterocycles. The Kier molecular flexibility index (Phi) is 5.60. The number of hydrogen-bond acceptors (Lipinski definition) is 5. The van der Waals surface area contributed by atoms with Crippen molar-refractivity contribution in [1.29, 1.82) is 0 Å². The SMILES string of the molecule is CC1CCC(Nc2c(C(=O)C3CC3)cnc3ccc(-c4ccc(O)c(CO)c4)cc23)CC1. The summed E-state index contributed by atoms with van der Waals surface area (Å²) in [7, 11) is 0. The van der Waals surface area contributed by atoms with Crippen molar-refractivity contribution in [1.82, 2.24) is 4.98 Å². The molecule has 0 amide bonds. The number of hydrogen-bond donors (Lipinski definition) is 3. The topological polar surface area (TPSA) is 82.5 Å². The second kappa shape index (κ2) is 8.55. The molecule has 2 saturated carbocycles. The zero-order valence-corrected chi connectivity index (χ0v) is 18.5. The van der Waals surface area contributed by atoms with Crippen molar-refractivity contribution in [2.24, 2.45) is 11.8 Å². The van der Waals surface area contributed by atoms with Gasteiger partial charge in [0, 0.05) is 29.1 Å². The zero-order chi connectivity index (χ0) is 22.2. The molecule has 1 heterocycles. The van der Waals surface area contributed by atoms with Gasteiger partial charge in [-0.2, -0.15) is 0 Å². The van der Waals surface area contributed by atoms with Crippen LogP contribution in [-0.2, 0) is 6.61 Å². The van der Waals surface area contributed by atoms with Gasteiger partial charge in [-0.15, -0.1) is 0 Å². The fourth-order valence-electron chi connectivity index (χ4n) is 4.78. The van der Waals surface area contributed by atoms with Crippen LogP contribution in [0, 0.1) is 11.8 Å². The van der Waals surface area contributed by atoms with Gasteiger partial charge in [-0.05, 0) is 79.8 Å². The summed E-state index contributed by atoms with van der Waals surface area (Å²) in [5, 5.41) is 24.2. The van der Waals surface area contributed by atoms with E-state index in [2.05, 4.69) is 23.3 Å². The summed E-state index contributed by atoms with van der Waals surface area (Å²) in [6, 6.07) is 11.7. The van der Waals surface area contributed by atoms with Gasteiger partial charge in [-0.1, -0.05) is 19.1 Å². The molecule has 5 rings (SSSR count). The van der Waals surface area contributed by atoms with Crippen LogP contribution in [0.25, 0.3) is 22.0 Å². The first-order chi connectivity index (χ1) is 15.5. The summed E-state index contributed by atoms with van der Waals surface area (Å²) < 4.78 is 0. The Bertz CT molecular complexity index is 1160. The largest absolute Gasteiger partial charge is 0.508 e. The zero-order valence-electron chi connectivity index (χ0n) is 18.5. The summed E-state index contributed by atoms with van der Waals surface area (Å²) in [4.78, 5) is 17.7. The Labute approximate surface area is 188 Å². The fourth-order valence-corrected chi connectivity index (χ4v) is 4.78. The number of carbonyl (C=O) groups is 1. The fraction of sp³-hybridized carbons (Fsp3) is 0.407. The van der Waals surface area contributed by atoms with Gasteiger partial charge in [0.25, 0.3) is 0 Å². The van der Waals surface area contributed by atoms with Crippen LogP contribution in [0.2, 0.25) is 0 Å². The highest BCUT2D eigenvalue weighted by Gasteiger charge is 2.33. The Balaban J connectivity index is 1.60. The summed E-state index contributed by atoms with van der Waals surface area (Å²) >= 11 is 0. The highest BCUT2D eigenvalue weighted by Crippen LogP contribution is 2.39. The number of aromatic nitrogens is 1. The molecule has 0 aliphatic heterocycles. The van der Waals surface area contributed by atoms with Gasteiger partial charge in [0.05, 0.1) is 23.4 Å². The number of pyridine rings is 1. The van der Waals surface area contributed by atoms with Crippen molar-refractivity contribution in [2.75, 3.05) is 5.32 Å². The Morgan fingerprint density at radius 2 is 1.75 bits per heavy atom. The number of fused-ring (bicyclic) bond motifs is 1. The summed E-state index contributed by atoms with van der Waals surface area (Å²) in [6.07, 6.45) is 8.31. The lowest BCUT2D eigenvalue weighted by Crippen LogP contribution is -2.26. The third-order valence-electron chi connectivity index (χ3n) is 7.03. The molecule has 0 spiro atoms. The maximum atomic E-state index is 13.1. The maximum absolute atomic E-state index is 13.1. The van der Waals surface area contributed by atoms with Crippen molar-refractivity contribution in [3.8, 4) is 16.9 Å². The molecule has 32 heavy (non-hydrogen) atoms. The van der Waals surface area contributed by atoms with Crippen molar-refractivity contribution in [2.45, 2.75) is 58.1 Å². The highest BCUT2D eigenvalue weighted by atomic mass is 16.3. The Morgan fingerprint density at radius 3 is 2.47 bits per heavy atom. The minimum Gasteiger partial charge on any atom is -0.508 e. The molecule has 2 aromatic carbocycles. The van der Waals surface area contributed by atoms with E-state index in [0.717, 1.165) is 59.3 Å². The third-order valence-corrected chi connectivity index (χ3v) is 7.03. The Morgan fingerprint density at radius 1 is 1.03 bits per heavy atom. The van der Waals surface area contributed by atoms with E-state index in [1.807, 2.05) is 18.2 Å². The summed E-state index contributed by atoms with van der Waals surface area (Å²) in [5.41, 5.74) is 4.84. The standard InChI is InChI=1S/C27H30N2O3/c1-16-2-8-21(9-3-16)29-26-22-13-19(18-7-11-25(31)20(12-18)15-30)6-10-24(22)28-14-23(26)27(32)17-4-5-17/h6-7,10-14,16-17,21,30-31H,2-5,8-9,15H2,1H3,(H,28,29). The second-order valence-corrected chi connectivity index (χ2v) is 9.52. The van der Waals surface area contributed by atoms with Gasteiger partial charge in [-0.25, -0.2) is 0 Å². The average molecular weight is 431 g/mol. The van der Waals surface area contributed by atoms with E-state index in [1.54, 1.807) is 18.3 Å². The number of Topliss-reactive ketones (excluding diaryl/α,β-unsaturated/α-hetero) is 1. The molecule has 3 aromatic rings. The van der Waals surface area contributed by atoms with Crippen LogP contribution in [0.5, 0.6) is 5.75 Å². The first kappa shape index (κ1) is 21.0. The molecule has 2 aliphatic rings. The van der Waals surface area contributed by atoms with Crippen LogP contribution in [0.1, 0.15) is 61.4 Å². The normalized spacial score (nSPS) is 20.9. The molecule has 2 fully saturated rings. The average Bonchev–Trinajstić information content (AvgIpc) is 3.66. The quantitative estimate of drug-likeness (QED) is 0.438.